The highest BCUT2D eigenvalue weighted by molar-refractivity contribution is 6.06. The SMILES string of the molecule is CC.CC1C2C=CC1C1C(=O)N(C)C(=O)C21. The normalized spacial score (nSPS) is 43.5. The maximum Gasteiger partial charge on any atom is 0.233 e. The van der Waals surface area contributed by atoms with Crippen molar-refractivity contribution in [2.45, 2.75) is 20.8 Å². The molecule has 4 atom stereocenters. The molecule has 16 heavy (non-hydrogen) atoms. The minimum atomic E-state index is -0.0440. The number of allylic oxidation sites excluding steroid dienone is 2. The minimum absolute atomic E-state index is 0.0312. The summed E-state index contributed by atoms with van der Waals surface area (Å²) in [6.45, 7) is 6.15. The van der Waals surface area contributed by atoms with Gasteiger partial charge in [0, 0.05) is 7.05 Å². The summed E-state index contributed by atoms with van der Waals surface area (Å²) in [4.78, 5) is 24.9. The van der Waals surface area contributed by atoms with E-state index in [1.165, 1.54) is 4.90 Å². The molecule has 0 aromatic heterocycles. The Labute approximate surface area is 96.5 Å². The van der Waals surface area contributed by atoms with Crippen molar-refractivity contribution in [2.75, 3.05) is 7.05 Å². The highest BCUT2D eigenvalue weighted by atomic mass is 16.2. The molecule has 4 unspecified atom stereocenters. The van der Waals surface area contributed by atoms with E-state index < -0.39 is 0 Å². The van der Waals surface area contributed by atoms with Crippen LogP contribution < -0.4 is 0 Å². The van der Waals surface area contributed by atoms with Gasteiger partial charge in [-0.25, -0.2) is 0 Å². The molecule has 3 aliphatic rings. The van der Waals surface area contributed by atoms with E-state index in [4.69, 9.17) is 0 Å². The van der Waals surface area contributed by atoms with Gasteiger partial charge in [-0.1, -0.05) is 32.9 Å². The Balaban J connectivity index is 0.000000457. The van der Waals surface area contributed by atoms with Crippen molar-refractivity contribution in [3.05, 3.63) is 12.2 Å². The van der Waals surface area contributed by atoms with Crippen LogP contribution in [-0.2, 0) is 9.59 Å². The van der Waals surface area contributed by atoms with Gasteiger partial charge in [0.2, 0.25) is 11.8 Å². The summed E-state index contributed by atoms with van der Waals surface area (Å²) in [7, 11) is 1.60. The summed E-state index contributed by atoms with van der Waals surface area (Å²) in [6, 6.07) is 0. The van der Waals surface area contributed by atoms with Crippen LogP contribution in [0.25, 0.3) is 0 Å². The standard InChI is InChI=1S/C11H13NO2.C2H6/c1-5-6-3-4-7(5)9-8(6)10(13)12(2)11(9)14;1-2/h3-9H,1-2H3;1-2H3. The fourth-order valence-electron chi connectivity index (χ4n) is 3.43. The largest absolute Gasteiger partial charge is 0.285 e. The summed E-state index contributed by atoms with van der Waals surface area (Å²) >= 11 is 0. The molecule has 88 valence electrons. The molecule has 2 fully saturated rings. The molecule has 3 rings (SSSR count). The van der Waals surface area contributed by atoms with Crippen LogP contribution in [0.1, 0.15) is 20.8 Å². The Hall–Kier alpha value is -1.12. The minimum Gasteiger partial charge on any atom is -0.285 e. The van der Waals surface area contributed by atoms with Crippen molar-refractivity contribution in [1.29, 1.82) is 0 Å². The molecule has 0 N–H and O–H groups in total. The summed E-state index contributed by atoms with van der Waals surface area (Å²) in [5, 5.41) is 0. The zero-order valence-corrected chi connectivity index (χ0v) is 10.3. The van der Waals surface area contributed by atoms with E-state index in [0.29, 0.717) is 17.8 Å². The number of carbonyl (C=O) groups is 2. The van der Waals surface area contributed by atoms with Gasteiger partial charge in [0.05, 0.1) is 11.8 Å². The smallest absolute Gasteiger partial charge is 0.233 e. The first-order chi connectivity index (χ1) is 7.63. The Morgan fingerprint density at radius 2 is 1.38 bits per heavy atom. The predicted molar refractivity (Wildman–Crippen MR) is 61.4 cm³/mol. The van der Waals surface area contributed by atoms with Crippen LogP contribution in [0.2, 0.25) is 0 Å². The third-order valence-electron chi connectivity index (χ3n) is 4.22. The number of hydrogen-bond acceptors (Lipinski definition) is 2. The molecule has 1 saturated heterocycles. The summed E-state index contributed by atoms with van der Waals surface area (Å²) in [5.74, 6) is 1.08. The molecule has 0 radical (unpaired) electrons. The van der Waals surface area contributed by atoms with Crippen molar-refractivity contribution in [1.82, 2.24) is 4.90 Å². The Bertz CT molecular complexity index is 329. The maximum atomic E-state index is 11.8. The molecule has 0 aromatic rings. The Morgan fingerprint density at radius 3 is 1.75 bits per heavy atom. The monoisotopic (exact) mass is 221 g/mol. The third kappa shape index (κ3) is 1.14. The Morgan fingerprint density at radius 1 is 1.00 bits per heavy atom. The first-order valence-corrected chi connectivity index (χ1v) is 6.12. The van der Waals surface area contributed by atoms with Crippen LogP contribution in [0, 0.1) is 29.6 Å². The second-order valence-electron chi connectivity index (χ2n) is 4.69. The lowest BCUT2D eigenvalue weighted by Crippen LogP contribution is -2.30. The predicted octanol–water partition coefficient (Wildman–Crippen LogP) is 1.70. The van der Waals surface area contributed by atoms with Gasteiger partial charge in [-0.05, 0) is 17.8 Å². The lowest BCUT2D eigenvalue weighted by atomic mass is 9.85. The van der Waals surface area contributed by atoms with Gasteiger partial charge in [-0.3, -0.25) is 14.5 Å². The van der Waals surface area contributed by atoms with Gasteiger partial charge in [-0.15, -0.1) is 0 Å². The van der Waals surface area contributed by atoms with Crippen molar-refractivity contribution < 1.29 is 9.59 Å². The fourth-order valence-corrected chi connectivity index (χ4v) is 3.43. The van der Waals surface area contributed by atoms with Crippen LogP contribution in [0.3, 0.4) is 0 Å². The molecule has 1 aliphatic heterocycles. The highest BCUT2D eigenvalue weighted by Gasteiger charge is 2.61. The second-order valence-corrected chi connectivity index (χ2v) is 4.69. The first kappa shape index (κ1) is 11.4. The van der Waals surface area contributed by atoms with Crippen LogP contribution in [0.4, 0.5) is 0 Å². The van der Waals surface area contributed by atoms with E-state index >= 15 is 0 Å². The summed E-state index contributed by atoms with van der Waals surface area (Å²) in [5.41, 5.74) is 0. The van der Waals surface area contributed by atoms with E-state index in [9.17, 15) is 9.59 Å². The zero-order valence-electron chi connectivity index (χ0n) is 10.3. The van der Waals surface area contributed by atoms with Gasteiger partial charge in [0.25, 0.3) is 0 Å². The number of amides is 2. The first-order valence-electron chi connectivity index (χ1n) is 6.12. The molecule has 1 saturated carbocycles. The molecule has 1 heterocycles. The Kier molecular flexibility index (Phi) is 2.64. The summed E-state index contributed by atoms with van der Waals surface area (Å²) in [6.07, 6.45) is 4.25. The highest BCUT2D eigenvalue weighted by Crippen LogP contribution is 2.55. The van der Waals surface area contributed by atoms with Crippen molar-refractivity contribution in [3.8, 4) is 0 Å². The molecule has 2 aliphatic carbocycles. The van der Waals surface area contributed by atoms with E-state index in [0.717, 1.165) is 0 Å². The average Bonchev–Trinajstić information content (AvgIpc) is 2.88. The number of carbonyl (C=O) groups excluding carboxylic acids is 2. The summed E-state index contributed by atoms with van der Waals surface area (Å²) < 4.78 is 0. The molecule has 2 amide bonds. The molecular formula is C13H19NO2. The number of imide groups is 1. The van der Waals surface area contributed by atoms with Gasteiger partial charge in [-0.2, -0.15) is 0 Å². The lowest BCUT2D eigenvalue weighted by molar-refractivity contribution is -0.139. The molecular weight excluding hydrogens is 202 g/mol. The molecule has 0 aromatic carbocycles. The molecule has 2 bridgehead atoms. The quantitative estimate of drug-likeness (QED) is 0.461. The lowest BCUT2D eigenvalue weighted by Gasteiger charge is -2.15. The van der Waals surface area contributed by atoms with Gasteiger partial charge < -0.3 is 0 Å². The third-order valence-corrected chi connectivity index (χ3v) is 4.22. The topological polar surface area (TPSA) is 37.4 Å². The average molecular weight is 221 g/mol. The number of fused-ring (bicyclic) bond motifs is 5. The van der Waals surface area contributed by atoms with E-state index in [1.807, 2.05) is 13.8 Å². The van der Waals surface area contributed by atoms with Gasteiger partial charge in [0.15, 0.2) is 0 Å². The van der Waals surface area contributed by atoms with Crippen LogP contribution >= 0.6 is 0 Å². The molecule has 0 spiro atoms. The van der Waals surface area contributed by atoms with Crippen LogP contribution in [0.15, 0.2) is 12.2 Å². The number of likely N-dealkylation sites (tertiary alicyclic amines) is 1. The number of hydrogen-bond donors (Lipinski definition) is 0. The van der Waals surface area contributed by atoms with E-state index in [1.54, 1.807) is 7.05 Å². The van der Waals surface area contributed by atoms with Crippen molar-refractivity contribution >= 4 is 11.8 Å². The number of rotatable bonds is 0. The second kappa shape index (κ2) is 3.72. The van der Waals surface area contributed by atoms with Gasteiger partial charge in [0.1, 0.15) is 0 Å². The zero-order chi connectivity index (χ0) is 12.0. The number of nitrogens with zero attached hydrogens (tertiary/aromatic N) is 1. The van der Waals surface area contributed by atoms with Crippen LogP contribution in [-0.4, -0.2) is 23.8 Å². The fraction of sp³-hybridized carbons (Fsp3) is 0.692. The van der Waals surface area contributed by atoms with Crippen molar-refractivity contribution in [3.63, 3.8) is 0 Å². The van der Waals surface area contributed by atoms with Crippen LogP contribution in [0.5, 0.6) is 0 Å². The van der Waals surface area contributed by atoms with Gasteiger partial charge >= 0.3 is 0 Å². The maximum absolute atomic E-state index is 11.8. The molecule has 3 nitrogen and oxygen atoms in total. The van der Waals surface area contributed by atoms with Crippen molar-refractivity contribution in [2.24, 2.45) is 29.6 Å². The van der Waals surface area contributed by atoms with E-state index in [-0.39, 0.29) is 23.7 Å². The molecule has 3 heteroatoms. The van der Waals surface area contributed by atoms with E-state index in [2.05, 4.69) is 19.1 Å².